The summed E-state index contributed by atoms with van der Waals surface area (Å²) in [5, 5.41) is 3.70. The average molecular weight is 444 g/mol. The number of methoxy groups -OCH3 is 4. The van der Waals surface area contributed by atoms with E-state index in [4.69, 9.17) is 23.9 Å². The highest BCUT2D eigenvalue weighted by Gasteiger charge is 2.18. The van der Waals surface area contributed by atoms with Crippen molar-refractivity contribution in [3.05, 3.63) is 72.3 Å². The first kappa shape index (κ1) is 22.0. The number of benzene rings is 3. The Morgan fingerprint density at radius 1 is 0.788 bits per heavy atom. The van der Waals surface area contributed by atoms with E-state index in [1.165, 1.54) is 0 Å². The topological polar surface area (TPSA) is 78.9 Å². The molecule has 1 aromatic heterocycles. The quantitative estimate of drug-likeness (QED) is 0.423. The van der Waals surface area contributed by atoms with Gasteiger partial charge in [0.15, 0.2) is 11.5 Å². The van der Waals surface area contributed by atoms with Gasteiger partial charge in [-0.05, 0) is 36.4 Å². The van der Waals surface area contributed by atoms with Crippen molar-refractivity contribution < 1.29 is 23.7 Å². The molecule has 0 saturated heterocycles. The SMILES string of the molecule is COc1cccc(NC(=O)c2cc(-c3cc(OC)c(OC)c(OC)c3)nc3ccccc23)c1. The maximum atomic E-state index is 13.3. The number of hydrogen-bond donors (Lipinski definition) is 1. The third-order valence-electron chi connectivity index (χ3n) is 5.25. The Bertz CT molecular complexity index is 1290. The summed E-state index contributed by atoms with van der Waals surface area (Å²) < 4.78 is 21.6. The van der Waals surface area contributed by atoms with Crippen LogP contribution in [0.3, 0.4) is 0 Å². The average Bonchev–Trinajstić information content (AvgIpc) is 2.87. The number of hydrogen-bond acceptors (Lipinski definition) is 6. The number of pyridine rings is 1. The number of carbonyl (C=O) groups excluding carboxylic acids is 1. The van der Waals surface area contributed by atoms with Crippen molar-refractivity contribution in [2.24, 2.45) is 0 Å². The normalized spacial score (nSPS) is 10.5. The third kappa shape index (κ3) is 4.39. The Kier molecular flexibility index (Phi) is 6.31. The standard InChI is InChI=1S/C26H24N2O5/c1-30-18-9-7-8-17(14-18)27-26(29)20-15-22(28-21-11-6-5-10-19(20)21)16-12-23(31-2)25(33-4)24(13-16)32-3/h5-15H,1-4H3,(H,27,29). The van der Waals surface area contributed by atoms with Crippen LogP contribution in [0.1, 0.15) is 10.4 Å². The van der Waals surface area contributed by atoms with E-state index in [0.717, 1.165) is 10.9 Å². The number of ether oxygens (including phenoxy) is 4. The van der Waals surface area contributed by atoms with Gasteiger partial charge in [-0.25, -0.2) is 4.98 Å². The molecule has 4 aromatic rings. The molecule has 0 fully saturated rings. The molecule has 1 heterocycles. The van der Waals surface area contributed by atoms with E-state index in [1.54, 1.807) is 40.6 Å². The fraction of sp³-hybridized carbons (Fsp3) is 0.154. The highest BCUT2D eigenvalue weighted by Crippen LogP contribution is 2.41. The summed E-state index contributed by atoms with van der Waals surface area (Å²) in [6.07, 6.45) is 0. The second-order valence-electron chi connectivity index (χ2n) is 7.17. The summed E-state index contributed by atoms with van der Waals surface area (Å²) in [6, 6.07) is 20.1. The summed E-state index contributed by atoms with van der Waals surface area (Å²) in [4.78, 5) is 18.1. The monoisotopic (exact) mass is 444 g/mol. The predicted molar refractivity (Wildman–Crippen MR) is 128 cm³/mol. The highest BCUT2D eigenvalue weighted by atomic mass is 16.5. The molecule has 33 heavy (non-hydrogen) atoms. The molecule has 0 spiro atoms. The van der Waals surface area contributed by atoms with Gasteiger partial charge in [-0.2, -0.15) is 0 Å². The van der Waals surface area contributed by atoms with Gasteiger partial charge >= 0.3 is 0 Å². The molecule has 0 bridgehead atoms. The van der Waals surface area contributed by atoms with Gasteiger partial charge in [0.05, 0.1) is 45.2 Å². The van der Waals surface area contributed by atoms with Gasteiger partial charge < -0.3 is 24.3 Å². The summed E-state index contributed by atoms with van der Waals surface area (Å²) in [5.41, 5.74) is 3.15. The van der Waals surface area contributed by atoms with Crippen LogP contribution in [-0.2, 0) is 0 Å². The molecule has 0 unspecified atom stereocenters. The van der Waals surface area contributed by atoms with Gasteiger partial charge in [0.1, 0.15) is 5.75 Å². The first-order valence-corrected chi connectivity index (χ1v) is 10.2. The lowest BCUT2D eigenvalue weighted by Crippen LogP contribution is -2.13. The number of aromatic nitrogens is 1. The summed E-state index contributed by atoms with van der Waals surface area (Å²) >= 11 is 0. The summed E-state index contributed by atoms with van der Waals surface area (Å²) in [7, 11) is 6.25. The van der Waals surface area contributed by atoms with E-state index in [0.29, 0.717) is 45.5 Å². The fourth-order valence-corrected chi connectivity index (χ4v) is 3.64. The third-order valence-corrected chi connectivity index (χ3v) is 5.25. The lowest BCUT2D eigenvalue weighted by atomic mass is 10.0. The van der Waals surface area contributed by atoms with Crippen LogP contribution >= 0.6 is 0 Å². The molecule has 0 aliphatic carbocycles. The molecule has 7 heteroatoms. The van der Waals surface area contributed by atoms with E-state index in [9.17, 15) is 4.79 Å². The van der Waals surface area contributed by atoms with Crippen LogP contribution in [-0.4, -0.2) is 39.3 Å². The van der Waals surface area contributed by atoms with Crippen molar-refractivity contribution >= 4 is 22.5 Å². The van der Waals surface area contributed by atoms with Crippen LogP contribution in [0.2, 0.25) is 0 Å². The number of fused-ring (bicyclic) bond motifs is 1. The van der Waals surface area contributed by atoms with E-state index < -0.39 is 0 Å². The van der Waals surface area contributed by atoms with E-state index in [2.05, 4.69) is 5.32 Å². The molecule has 0 aliphatic rings. The molecular weight excluding hydrogens is 420 g/mol. The van der Waals surface area contributed by atoms with Crippen molar-refractivity contribution in [2.75, 3.05) is 33.8 Å². The Hall–Kier alpha value is -4.26. The van der Waals surface area contributed by atoms with Crippen molar-refractivity contribution in [3.63, 3.8) is 0 Å². The van der Waals surface area contributed by atoms with Crippen molar-refractivity contribution in [2.45, 2.75) is 0 Å². The van der Waals surface area contributed by atoms with E-state index in [1.807, 2.05) is 54.6 Å². The molecule has 168 valence electrons. The minimum atomic E-state index is -0.254. The van der Waals surface area contributed by atoms with E-state index in [-0.39, 0.29) is 5.91 Å². The molecule has 1 N–H and O–H groups in total. The largest absolute Gasteiger partial charge is 0.497 e. The molecule has 3 aromatic carbocycles. The number of nitrogens with one attached hydrogen (secondary N) is 1. The smallest absolute Gasteiger partial charge is 0.256 e. The number of anilines is 1. The minimum absolute atomic E-state index is 0.254. The van der Waals surface area contributed by atoms with Crippen LogP contribution in [0.15, 0.2) is 66.7 Å². The summed E-state index contributed by atoms with van der Waals surface area (Å²) in [5.74, 6) is 1.90. The first-order chi connectivity index (χ1) is 16.1. The molecule has 0 radical (unpaired) electrons. The number of rotatable bonds is 7. The van der Waals surface area contributed by atoms with Gasteiger partial charge in [-0.1, -0.05) is 24.3 Å². The zero-order valence-corrected chi connectivity index (χ0v) is 18.8. The minimum Gasteiger partial charge on any atom is -0.497 e. The molecule has 7 nitrogen and oxygen atoms in total. The molecule has 0 atom stereocenters. The van der Waals surface area contributed by atoms with Crippen LogP contribution < -0.4 is 24.3 Å². The number of para-hydroxylation sites is 1. The zero-order valence-electron chi connectivity index (χ0n) is 18.8. The Balaban J connectivity index is 1.83. The Morgan fingerprint density at radius 3 is 2.18 bits per heavy atom. The number of nitrogens with zero attached hydrogens (tertiary/aromatic N) is 1. The van der Waals surface area contributed by atoms with Gasteiger partial charge in [0.2, 0.25) is 5.75 Å². The molecule has 0 aliphatic heterocycles. The second-order valence-corrected chi connectivity index (χ2v) is 7.17. The van der Waals surface area contributed by atoms with Crippen molar-refractivity contribution in [1.82, 2.24) is 4.98 Å². The van der Waals surface area contributed by atoms with Crippen LogP contribution in [0, 0.1) is 0 Å². The Labute approximate surface area is 191 Å². The second kappa shape index (κ2) is 9.48. The maximum Gasteiger partial charge on any atom is 0.256 e. The van der Waals surface area contributed by atoms with Crippen molar-refractivity contribution in [3.8, 4) is 34.3 Å². The van der Waals surface area contributed by atoms with Crippen LogP contribution in [0.4, 0.5) is 5.69 Å². The zero-order chi connectivity index (χ0) is 23.4. The fourth-order valence-electron chi connectivity index (χ4n) is 3.64. The van der Waals surface area contributed by atoms with Gasteiger partial charge in [-0.3, -0.25) is 4.79 Å². The van der Waals surface area contributed by atoms with Crippen LogP contribution in [0.25, 0.3) is 22.2 Å². The number of amides is 1. The lowest BCUT2D eigenvalue weighted by Gasteiger charge is -2.15. The molecule has 1 amide bonds. The maximum absolute atomic E-state index is 13.3. The van der Waals surface area contributed by atoms with Gasteiger partial charge in [0.25, 0.3) is 5.91 Å². The first-order valence-electron chi connectivity index (χ1n) is 10.2. The molecule has 4 rings (SSSR count). The van der Waals surface area contributed by atoms with Gasteiger partial charge in [-0.15, -0.1) is 0 Å². The Morgan fingerprint density at radius 2 is 1.52 bits per heavy atom. The van der Waals surface area contributed by atoms with Crippen LogP contribution in [0.5, 0.6) is 23.0 Å². The van der Waals surface area contributed by atoms with E-state index >= 15 is 0 Å². The van der Waals surface area contributed by atoms with Crippen molar-refractivity contribution in [1.29, 1.82) is 0 Å². The molecule has 0 saturated carbocycles. The lowest BCUT2D eigenvalue weighted by molar-refractivity contribution is 0.102. The summed E-state index contributed by atoms with van der Waals surface area (Å²) in [6.45, 7) is 0. The van der Waals surface area contributed by atoms with Gasteiger partial charge in [0, 0.05) is 22.7 Å². The number of carbonyl (C=O) groups is 1. The predicted octanol–water partition coefficient (Wildman–Crippen LogP) is 5.19. The molecular formula is C26H24N2O5. The highest BCUT2D eigenvalue weighted by molar-refractivity contribution is 6.13.